The normalized spacial score (nSPS) is 16.2. The molecular weight excluding hydrogens is 348 g/mol. The molecule has 0 spiro atoms. The monoisotopic (exact) mass is 372 g/mol. The SMILES string of the molecule is Cc1nc(S[C@@H](C)C(=O)NC(=O)NC2CCCCC2)c2ccccc2n1. The molecule has 1 aliphatic carbocycles. The van der Waals surface area contributed by atoms with Gasteiger partial charge in [-0.25, -0.2) is 14.8 Å². The Morgan fingerprint density at radius 3 is 2.65 bits per heavy atom. The quantitative estimate of drug-likeness (QED) is 0.633. The van der Waals surface area contributed by atoms with Gasteiger partial charge in [0, 0.05) is 11.4 Å². The lowest BCUT2D eigenvalue weighted by Crippen LogP contribution is -2.47. The van der Waals surface area contributed by atoms with Gasteiger partial charge in [-0.2, -0.15) is 0 Å². The molecule has 1 aromatic carbocycles. The number of imide groups is 1. The van der Waals surface area contributed by atoms with Gasteiger partial charge in [0.1, 0.15) is 10.9 Å². The minimum Gasteiger partial charge on any atom is -0.335 e. The Bertz CT molecular complexity index is 805. The second kappa shape index (κ2) is 8.49. The number of aryl methyl sites for hydroxylation is 1. The van der Waals surface area contributed by atoms with Crippen molar-refractivity contribution in [3.05, 3.63) is 30.1 Å². The van der Waals surface area contributed by atoms with Gasteiger partial charge in [0.05, 0.1) is 10.8 Å². The van der Waals surface area contributed by atoms with Crippen molar-refractivity contribution in [1.82, 2.24) is 20.6 Å². The van der Waals surface area contributed by atoms with Gasteiger partial charge in [-0.15, -0.1) is 0 Å². The Morgan fingerprint density at radius 1 is 1.15 bits per heavy atom. The molecule has 1 aromatic heterocycles. The van der Waals surface area contributed by atoms with Crippen molar-refractivity contribution in [3.8, 4) is 0 Å². The Morgan fingerprint density at radius 2 is 1.88 bits per heavy atom. The first-order valence-electron chi connectivity index (χ1n) is 9.04. The van der Waals surface area contributed by atoms with Crippen LogP contribution in [0.25, 0.3) is 10.9 Å². The largest absolute Gasteiger partial charge is 0.335 e. The van der Waals surface area contributed by atoms with E-state index in [1.54, 1.807) is 6.92 Å². The van der Waals surface area contributed by atoms with Crippen molar-refractivity contribution in [2.75, 3.05) is 0 Å². The molecule has 6 nitrogen and oxygen atoms in total. The maximum absolute atomic E-state index is 12.4. The minimum atomic E-state index is -0.440. The van der Waals surface area contributed by atoms with Crippen molar-refractivity contribution in [3.63, 3.8) is 0 Å². The summed E-state index contributed by atoms with van der Waals surface area (Å²) < 4.78 is 0. The van der Waals surface area contributed by atoms with Crippen LogP contribution in [-0.4, -0.2) is 33.2 Å². The highest BCUT2D eigenvalue weighted by atomic mass is 32.2. The highest BCUT2D eigenvalue weighted by Crippen LogP contribution is 2.28. The van der Waals surface area contributed by atoms with E-state index < -0.39 is 11.3 Å². The van der Waals surface area contributed by atoms with Crippen molar-refractivity contribution in [2.45, 2.75) is 62.3 Å². The lowest BCUT2D eigenvalue weighted by molar-refractivity contribution is -0.119. The molecule has 1 aliphatic rings. The van der Waals surface area contributed by atoms with Crippen LogP contribution in [-0.2, 0) is 4.79 Å². The Labute approximate surface area is 157 Å². The molecule has 0 radical (unpaired) electrons. The Balaban J connectivity index is 1.61. The molecule has 0 bridgehead atoms. The van der Waals surface area contributed by atoms with E-state index in [0.717, 1.165) is 41.6 Å². The molecule has 7 heteroatoms. The van der Waals surface area contributed by atoms with E-state index >= 15 is 0 Å². The molecule has 2 aromatic rings. The number of aromatic nitrogens is 2. The van der Waals surface area contributed by atoms with E-state index in [0.29, 0.717) is 5.82 Å². The number of nitrogens with one attached hydrogen (secondary N) is 2. The van der Waals surface area contributed by atoms with Crippen LogP contribution in [0.4, 0.5) is 4.79 Å². The van der Waals surface area contributed by atoms with Crippen LogP contribution in [0.1, 0.15) is 44.9 Å². The number of hydrogen-bond acceptors (Lipinski definition) is 5. The van der Waals surface area contributed by atoms with E-state index in [1.165, 1.54) is 18.2 Å². The molecule has 138 valence electrons. The molecular formula is C19H24N4O2S. The predicted octanol–water partition coefficient (Wildman–Crippen LogP) is 3.58. The molecule has 3 amide bonds. The summed E-state index contributed by atoms with van der Waals surface area (Å²) in [5, 5.41) is 6.58. The van der Waals surface area contributed by atoms with Gasteiger partial charge >= 0.3 is 6.03 Å². The summed E-state index contributed by atoms with van der Waals surface area (Å²) in [6.07, 6.45) is 5.45. The summed E-state index contributed by atoms with van der Waals surface area (Å²) in [6.45, 7) is 3.61. The Hall–Kier alpha value is -2.15. The van der Waals surface area contributed by atoms with E-state index in [-0.39, 0.29) is 11.9 Å². The van der Waals surface area contributed by atoms with E-state index in [4.69, 9.17) is 0 Å². The van der Waals surface area contributed by atoms with Gasteiger partial charge in [0.25, 0.3) is 0 Å². The topological polar surface area (TPSA) is 84.0 Å². The first kappa shape index (κ1) is 18.6. The fourth-order valence-corrected chi connectivity index (χ4v) is 4.14. The zero-order chi connectivity index (χ0) is 18.5. The van der Waals surface area contributed by atoms with Crippen LogP contribution in [0, 0.1) is 6.92 Å². The van der Waals surface area contributed by atoms with Crippen molar-refractivity contribution >= 4 is 34.6 Å². The molecule has 0 aliphatic heterocycles. The van der Waals surface area contributed by atoms with Gasteiger partial charge in [-0.3, -0.25) is 10.1 Å². The number of benzene rings is 1. The maximum Gasteiger partial charge on any atom is 0.321 e. The van der Waals surface area contributed by atoms with Crippen LogP contribution in [0.2, 0.25) is 0 Å². The van der Waals surface area contributed by atoms with Gasteiger partial charge < -0.3 is 5.32 Å². The fraction of sp³-hybridized carbons (Fsp3) is 0.474. The first-order valence-corrected chi connectivity index (χ1v) is 9.92. The highest BCUT2D eigenvalue weighted by molar-refractivity contribution is 8.00. The van der Waals surface area contributed by atoms with Gasteiger partial charge in [-0.1, -0.05) is 49.2 Å². The van der Waals surface area contributed by atoms with Gasteiger partial charge in [-0.05, 0) is 32.8 Å². The summed E-state index contributed by atoms with van der Waals surface area (Å²) in [7, 11) is 0. The molecule has 1 fully saturated rings. The number of carbonyl (C=O) groups excluding carboxylic acids is 2. The molecule has 0 unspecified atom stereocenters. The summed E-state index contributed by atoms with van der Waals surface area (Å²) in [6, 6.07) is 7.49. The molecule has 1 saturated carbocycles. The summed E-state index contributed by atoms with van der Waals surface area (Å²) in [4.78, 5) is 33.3. The second-order valence-electron chi connectivity index (χ2n) is 6.65. The number of carbonyl (C=O) groups is 2. The number of fused-ring (bicyclic) bond motifs is 1. The van der Waals surface area contributed by atoms with E-state index in [9.17, 15) is 9.59 Å². The predicted molar refractivity (Wildman–Crippen MR) is 103 cm³/mol. The molecule has 26 heavy (non-hydrogen) atoms. The average molecular weight is 372 g/mol. The molecule has 0 saturated heterocycles. The number of rotatable bonds is 4. The number of amides is 3. The number of nitrogens with zero attached hydrogens (tertiary/aromatic N) is 2. The minimum absolute atomic E-state index is 0.174. The fourth-order valence-electron chi connectivity index (χ4n) is 3.15. The second-order valence-corrected chi connectivity index (χ2v) is 7.98. The summed E-state index contributed by atoms with van der Waals surface area (Å²) >= 11 is 1.34. The van der Waals surface area contributed by atoms with Gasteiger partial charge in [0.15, 0.2) is 0 Å². The van der Waals surface area contributed by atoms with E-state index in [2.05, 4.69) is 20.6 Å². The lowest BCUT2D eigenvalue weighted by Gasteiger charge is -2.23. The molecule has 1 atom stereocenters. The van der Waals surface area contributed by atoms with Crippen LogP contribution >= 0.6 is 11.8 Å². The van der Waals surface area contributed by atoms with Crippen molar-refractivity contribution < 1.29 is 9.59 Å². The molecule has 3 rings (SSSR count). The van der Waals surface area contributed by atoms with Crippen LogP contribution < -0.4 is 10.6 Å². The zero-order valence-corrected chi connectivity index (χ0v) is 15.9. The highest BCUT2D eigenvalue weighted by Gasteiger charge is 2.21. The number of para-hydroxylation sites is 1. The maximum atomic E-state index is 12.4. The Kier molecular flexibility index (Phi) is 6.08. The third kappa shape index (κ3) is 4.72. The molecule has 1 heterocycles. The third-order valence-corrected chi connectivity index (χ3v) is 5.62. The zero-order valence-electron chi connectivity index (χ0n) is 15.1. The summed E-state index contributed by atoms with van der Waals surface area (Å²) in [5.74, 6) is 0.345. The number of thioether (sulfide) groups is 1. The third-order valence-electron chi connectivity index (χ3n) is 4.51. The molecule has 2 N–H and O–H groups in total. The summed E-state index contributed by atoms with van der Waals surface area (Å²) in [5.41, 5.74) is 0.852. The standard InChI is InChI=1S/C19H24N4O2S/c1-12(17(24)23-19(25)22-14-8-4-3-5-9-14)26-18-15-10-6-7-11-16(15)20-13(2)21-18/h6-7,10-12,14H,3-5,8-9H2,1-2H3,(H2,22,23,24,25)/t12-/m0/s1. The average Bonchev–Trinajstić information content (AvgIpc) is 2.62. The van der Waals surface area contributed by atoms with Crippen molar-refractivity contribution in [1.29, 1.82) is 0 Å². The lowest BCUT2D eigenvalue weighted by atomic mass is 9.96. The van der Waals surface area contributed by atoms with Gasteiger partial charge in [0.2, 0.25) is 5.91 Å². The smallest absolute Gasteiger partial charge is 0.321 e. The van der Waals surface area contributed by atoms with Crippen LogP contribution in [0.5, 0.6) is 0 Å². The van der Waals surface area contributed by atoms with E-state index in [1.807, 2.05) is 31.2 Å². The van der Waals surface area contributed by atoms with Crippen molar-refractivity contribution in [2.24, 2.45) is 0 Å². The number of hydrogen-bond donors (Lipinski definition) is 2. The number of urea groups is 1. The van der Waals surface area contributed by atoms with Crippen LogP contribution in [0.15, 0.2) is 29.3 Å². The van der Waals surface area contributed by atoms with Crippen LogP contribution in [0.3, 0.4) is 0 Å². The first-order chi connectivity index (χ1) is 12.5.